The second kappa shape index (κ2) is 8.00. The first kappa shape index (κ1) is 20.3. The van der Waals surface area contributed by atoms with Gasteiger partial charge in [0, 0.05) is 38.2 Å². The van der Waals surface area contributed by atoms with Gasteiger partial charge in [0.1, 0.15) is 0 Å². The standard InChI is InChI=1S/C32H21BrN2/c33-24-14-11-22(12-15-24)23-13-17-31-29(21-23)27-16-18-30-28(19-20-34(30)25-7-3-1-4-8-25)32(27)35(31)26-9-5-2-6-10-26/h1-21H. The fraction of sp³-hybridized carbons (Fsp3) is 0. The van der Waals surface area contributed by atoms with Crippen LogP contribution in [0.5, 0.6) is 0 Å². The molecule has 2 nitrogen and oxygen atoms in total. The molecule has 0 unspecified atom stereocenters. The molecule has 0 atom stereocenters. The van der Waals surface area contributed by atoms with Gasteiger partial charge in [-0.05, 0) is 71.8 Å². The van der Waals surface area contributed by atoms with Crippen molar-refractivity contribution in [3.63, 3.8) is 0 Å². The summed E-state index contributed by atoms with van der Waals surface area (Å²) in [6, 6.07) is 43.4. The lowest BCUT2D eigenvalue weighted by molar-refractivity contribution is 1.13. The summed E-state index contributed by atoms with van der Waals surface area (Å²) < 4.78 is 5.77. The zero-order valence-electron chi connectivity index (χ0n) is 18.9. The monoisotopic (exact) mass is 512 g/mol. The van der Waals surface area contributed by atoms with E-state index >= 15 is 0 Å². The Kier molecular flexibility index (Phi) is 4.64. The lowest BCUT2D eigenvalue weighted by atomic mass is 10.0. The number of halogens is 1. The molecule has 3 heteroatoms. The molecule has 0 spiro atoms. The maximum absolute atomic E-state index is 3.56. The number of para-hydroxylation sites is 2. The largest absolute Gasteiger partial charge is 0.316 e. The summed E-state index contributed by atoms with van der Waals surface area (Å²) in [6.07, 6.45) is 2.18. The summed E-state index contributed by atoms with van der Waals surface area (Å²) in [4.78, 5) is 0. The van der Waals surface area contributed by atoms with Crippen LogP contribution >= 0.6 is 15.9 Å². The normalized spacial score (nSPS) is 11.6. The fourth-order valence-corrected chi connectivity index (χ4v) is 5.47. The van der Waals surface area contributed by atoms with E-state index < -0.39 is 0 Å². The van der Waals surface area contributed by atoms with Gasteiger partial charge >= 0.3 is 0 Å². The Hall–Kier alpha value is -4.08. The molecule has 0 N–H and O–H groups in total. The maximum atomic E-state index is 3.56. The van der Waals surface area contributed by atoms with Crippen LogP contribution in [0.15, 0.2) is 132 Å². The van der Waals surface area contributed by atoms with Gasteiger partial charge in [-0.3, -0.25) is 0 Å². The Balaban J connectivity index is 1.57. The zero-order valence-corrected chi connectivity index (χ0v) is 20.5. The first-order valence-electron chi connectivity index (χ1n) is 11.7. The number of benzene rings is 5. The van der Waals surface area contributed by atoms with Crippen molar-refractivity contribution in [2.45, 2.75) is 0 Å². The first-order chi connectivity index (χ1) is 17.3. The maximum Gasteiger partial charge on any atom is 0.0635 e. The van der Waals surface area contributed by atoms with Crippen LogP contribution < -0.4 is 0 Å². The molecule has 2 aromatic heterocycles. The van der Waals surface area contributed by atoms with Crippen molar-refractivity contribution in [2.75, 3.05) is 0 Å². The fourth-order valence-electron chi connectivity index (χ4n) is 5.21. The highest BCUT2D eigenvalue weighted by atomic mass is 79.9. The number of fused-ring (bicyclic) bond motifs is 5. The van der Waals surface area contributed by atoms with E-state index in [0.717, 1.165) is 4.47 Å². The molecule has 0 fully saturated rings. The number of aromatic nitrogens is 2. The molecule has 0 bridgehead atoms. The first-order valence-corrected chi connectivity index (χ1v) is 12.5. The molecule has 0 radical (unpaired) electrons. The molecule has 0 aliphatic carbocycles. The second-order valence-corrected chi connectivity index (χ2v) is 9.74. The molecule has 0 aliphatic rings. The topological polar surface area (TPSA) is 9.86 Å². The van der Waals surface area contributed by atoms with Crippen molar-refractivity contribution in [3.8, 4) is 22.5 Å². The summed E-state index contributed by atoms with van der Waals surface area (Å²) in [5, 5.41) is 3.77. The Morgan fingerprint density at radius 2 is 1.14 bits per heavy atom. The molecule has 7 aromatic rings. The third-order valence-corrected chi connectivity index (χ3v) is 7.35. The summed E-state index contributed by atoms with van der Waals surface area (Å²) in [6.45, 7) is 0. The van der Waals surface area contributed by atoms with E-state index in [9.17, 15) is 0 Å². The van der Waals surface area contributed by atoms with Gasteiger partial charge in [0.25, 0.3) is 0 Å². The predicted octanol–water partition coefficient (Wildman–Crippen LogP) is 9.16. The van der Waals surface area contributed by atoms with Crippen LogP contribution in [0.2, 0.25) is 0 Å². The molecular formula is C32H21BrN2. The molecule has 0 amide bonds. The lowest BCUT2D eigenvalue weighted by Gasteiger charge is -2.10. The van der Waals surface area contributed by atoms with Crippen LogP contribution in [0.4, 0.5) is 0 Å². The van der Waals surface area contributed by atoms with Gasteiger partial charge in [0.15, 0.2) is 0 Å². The Labute approximate surface area is 211 Å². The van der Waals surface area contributed by atoms with Gasteiger partial charge in [0.05, 0.1) is 16.6 Å². The third kappa shape index (κ3) is 3.23. The van der Waals surface area contributed by atoms with E-state index in [4.69, 9.17) is 0 Å². The zero-order chi connectivity index (χ0) is 23.4. The van der Waals surface area contributed by atoms with Crippen molar-refractivity contribution in [3.05, 3.63) is 132 Å². The van der Waals surface area contributed by atoms with Gasteiger partial charge in [-0.15, -0.1) is 0 Å². The number of nitrogens with zero attached hydrogens (tertiary/aromatic N) is 2. The van der Waals surface area contributed by atoms with Crippen molar-refractivity contribution < 1.29 is 0 Å². The van der Waals surface area contributed by atoms with Crippen molar-refractivity contribution in [2.24, 2.45) is 0 Å². The van der Waals surface area contributed by atoms with Crippen LogP contribution in [-0.4, -0.2) is 9.13 Å². The molecule has 0 saturated carbocycles. The Morgan fingerprint density at radius 3 is 1.89 bits per heavy atom. The Morgan fingerprint density at radius 1 is 0.486 bits per heavy atom. The van der Waals surface area contributed by atoms with Crippen LogP contribution in [-0.2, 0) is 0 Å². The summed E-state index contributed by atoms with van der Waals surface area (Å²) >= 11 is 3.56. The third-order valence-electron chi connectivity index (χ3n) is 6.82. The highest BCUT2D eigenvalue weighted by Gasteiger charge is 2.17. The van der Waals surface area contributed by atoms with Gasteiger partial charge in [-0.2, -0.15) is 0 Å². The minimum absolute atomic E-state index is 1.09. The van der Waals surface area contributed by atoms with E-state index in [1.807, 2.05) is 0 Å². The molecule has 35 heavy (non-hydrogen) atoms. The van der Waals surface area contributed by atoms with E-state index in [2.05, 4.69) is 153 Å². The van der Waals surface area contributed by atoms with E-state index in [1.165, 1.54) is 55.2 Å². The molecule has 5 aromatic carbocycles. The minimum atomic E-state index is 1.09. The average Bonchev–Trinajstić information content (AvgIpc) is 3.49. The van der Waals surface area contributed by atoms with E-state index in [-0.39, 0.29) is 0 Å². The average molecular weight is 513 g/mol. The summed E-state index contributed by atoms with van der Waals surface area (Å²) in [7, 11) is 0. The number of hydrogen-bond donors (Lipinski definition) is 0. The molecule has 7 rings (SSSR count). The summed E-state index contributed by atoms with van der Waals surface area (Å²) in [5.74, 6) is 0. The van der Waals surface area contributed by atoms with Crippen LogP contribution in [0.3, 0.4) is 0 Å². The van der Waals surface area contributed by atoms with Gasteiger partial charge < -0.3 is 9.13 Å². The lowest BCUT2D eigenvalue weighted by Crippen LogP contribution is -1.94. The Bertz CT molecular complexity index is 1830. The second-order valence-electron chi connectivity index (χ2n) is 8.83. The smallest absolute Gasteiger partial charge is 0.0635 e. The molecule has 2 heterocycles. The van der Waals surface area contributed by atoms with Gasteiger partial charge in [-0.1, -0.05) is 76.6 Å². The molecule has 0 saturated heterocycles. The molecule has 0 aliphatic heterocycles. The van der Waals surface area contributed by atoms with Crippen LogP contribution in [0.25, 0.3) is 55.2 Å². The summed E-state index contributed by atoms with van der Waals surface area (Å²) in [5.41, 5.74) is 8.44. The SMILES string of the molecule is Brc1ccc(-c2ccc3c(c2)c2ccc4c(ccn4-c4ccccc4)c2n3-c2ccccc2)cc1. The number of hydrogen-bond acceptors (Lipinski definition) is 0. The highest BCUT2D eigenvalue weighted by Crippen LogP contribution is 2.39. The highest BCUT2D eigenvalue weighted by molar-refractivity contribution is 9.10. The molecular weight excluding hydrogens is 492 g/mol. The molecule has 166 valence electrons. The van der Waals surface area contributed by atoms with Gasteiger partial charge in [-0.25, -0.2) is 0 Å². The number of rotatable bonds is 3. The van der Waals surface area contributed by atoms with Crippen LogP contribution in [0.1, 0.15) is 0 Å². The minimum Gasteiger partial charge on any atom is -0.316 e. The van der Waals surface area contributed by atoms with E-state index in [1.54, 1.807) is 0 Å². The predicted molar refractivity (Wildman–Crippen MR) is 151 cm³/mol. The van der Waals surface area contributed by atoms with Gasteiger partial charge in [0.2, 0.25) is 0 Å². The van der Waals surface area contributed by atoms with E-state index in [0.29, 0.717) is 0 Å². The van der Waals surface area contributed by atoms with Crippen molar-refractivity contribution in [1.82, 2.24) is 9.13 Å². The quantitative estimate of drug-likeness (QED) is 0.223. The van der Waals surface area contributed by atoms with Crippen molar-refractivity contribution in [1.29, 1.82) is 0 Å². The van der Waals surface area contributed by atoms with Crippen LogP contribution in [0, 0.1) is 0 Å². The van der Waals surface area contributed by atoms with Crippen molar-refractivity contribution >= 4 is 48.6 Å².